The Morgan fingerprint density at radius 2 is 1.94 bits per heavy atom. The van der Waals surface area contributed by atoms with Gasteiger partial charge >= 0.3 is 12.2 Å². The van der Waals surface area contributed by atoms with Gasteiger partial charge in [-0.15, -0.1) is 0 Å². The molecule has 0 spiro atoms. The third-order valence-electron chi connectivity index (χ3n) is 2.42. The average molecular weight is 275 g/mol. The highest BCUT2D eigenvalue weighted by Crippen LogP contribution is 2.28. The monoisotopic (exact) mass is 274 g/mol. The molecule has 0 aromatic heterocycles. The quantitative estimate of drug-likeness (QED) is 0.815. The third kappa shape index (κ3) is 3.96. The Bertz CT molecular complexity index is 406. The smallest absolute Gasteiger partial charge is 0.405 e. The second-order valence-corrected chi connectivity index (χ2v) is 4.26. The number of amides is 2. The minimum Gasteiger partial charge on any atom is -0.442 e. The van der Waals surface area contributed by atoms with Crippen LogP contribution < -0.4 is 11.5 Å². The van der Waals surface area contributed by atoms with Crippen LogP contribution in [0.5, 0.6) is 0 Å². The zero-order valence-electron chi connectivity index (χ0n) is 9.89. The molecule has 1 aliphatic carbocycles. The molecule has 2 atom stereocenters. The van der Waals surface area contributed by atoms with Crippen LogP contribution in [-0.2, 0) is 9.47 Å². The summed E-state index contributed by atoms with van der Waals surface area (Å²) in [5.74, 6) is 0. The molecule has 1 rings (SSSR count). The maximum Gasteiger partial charge on any atom is 0.405 e. The molecule has 6 nitrogen and oxygen atoms in total. The Hall–Kier alpha value is -1.69. The van der Waals surface area contributed by atoms with Crippen molar-refractivity contribution in [2.75, 3.05) is 0 Å². The number of primary amides is 2. The van der Waals surface area contributed by atoms with Gasteiger partial charge in [0, 0.05) is 10.6 Å². The first kappa shape index (κ1) is 14.4. The first-order valence-corrected chi connectivity index (χ1v) is 5.77. The summed E-state index contributed by atoms with van der Waals surface area (Å²) in [5, 5.41) is 0.545. The van der Waals surface area contributed by atoms with Gasteiger partial charge in [0.05, 0.1) is 0 Å². The van der Waals surface area contributed by atoms with E-state index in [1.807, 2.05) is 6.08 Å². The van der Waals surface area contributed by atoms with Crippen molar-refractivity contribution in [1.82, 2.24) is 0 Å². The zero-order chi connectivity index (χ0) is 13.7. The van der Waals surface area contributed by atoms with E-state index in [1.54, 1.807) is 6.08 Å². The maximum atomic E-state index is 10.9. The number of carbonyl (C=O) groups is 2. The number of hydrogen-bond donors (Lipinski definition) is 2. The van der Waals surface area contributed by atoms with Crippen LogP contribution in [0.25, 0.3) is 0 Å². The van der Waals surface area contributed by atoms with Gasteiger partial charge < -0.3 is 20.9 Å². The third-order valence-corrected chi connectivity index (χ3v) is 2.83. The maximum absolute atomic E-state index is 10.9. The molecular formula is C11H15ClN2O4. The lowest BCUT2D eigenvalue weighted by Gasteiger charge is -2.26. The second-order valence-electron chi connectivity index (χ2n) is 3.80. The predicted octanol–water partition coefficient (Wildman–Crippen LogP) is 1.78. The largest absolute Gasteiger partial charge is 0.442 e. The van der Waals surface area contributed by atoms with E-state index in [4.69, 9.17) is 32.5 Å². The van der Waals surface area contributed by atoms with Crippen molar-refractivity contribution in [3.05, 3.63) is 22.8 Å². The standard InChI is InChI=1S/C11H15ClN2O4/c1-6(17-10(13)15)9(18-11(14)16)7-4-2-3-5-8(7)12/h2,4,6,9H,3,5H2,1H3,(H2,13,15)(H2,14,16). The summed E-state index contributed by atoms with van der Waals surface area (Å²) in [7, 11) is 0. The average Bonchev–Trinajstić information content (AvgIpc) is 2.25. The molecule has 7 heteroatoms. The second kappa shape index (κ2) is 6.30. The summed E-state index contributed by atoms with van der Waals surface area (Å²) in [4.78, 5) is 21.6. The molecule has 0 heterocycles. The predicted molar refractivity (Wildman–Crippen MR) is 65.8 cm³/mol. The Kier molecular flexibility index (Phi) is 5.03. The molecule has 0 aliphatic heterocycles. The van der Waals surface area contributed by atoms with E-state index in [0.29, 0.717) is 17.0 Å². The van der Waals surface area contributed by atoms with Gasteiger partial charge in [0.2, 0.25) is 0 Å². The number of allylic oxidation sites excluding steroid dienone is 2. The fourth-order valence-corrected chi connectivity index (χ4v) is 1.97. The van der Waals surface area contributed by atoms with E-state index in [-0.39, 0.29) is 0 Å². The van der Waals surface area contributed by atoms with Gasteiger partial charge in [0.1, 0.15) is 6.10 Å². The molecule has 0 aromatic rings. The highest BCUT2D eigenvalue weighted by molar-refractivity contribution is 6.30. The van der Waals surface area contributed by atoms with Crippen LogP contribution >= 0.6 is 11.6 Å². The summed E-state index contributed by atoms with van der Waals surface area (Å²) < 4.78 is 9.73. The van der Waals surface area contributed by atoms with E-state index >= 15 is 0 Å². The van der Waals surface area contributed by atoms with E-state index in [0.717, 1.165) is 6.42 Å². The zero-order valence-corrected chi connectivity index (χ0v) is 10.6. The van der Waals surface area contributed by atoms with Crippen LogP contribution in [0.3, 0.4) is 0 Å². The van der Waals surface area contributed by atoms with Gasteiger partial charge in [-0.3, -0.25) is 0 Å². The molecule has 0 saturated heterocycles. The molecule has 0 radical (unpaired) electrons. The van der Waals surface area contributed by atoms with Crippen LogP contribution in [0.2, 0.25) is 0 Å². The lowest BCUT2D eigenvalue weighted by atomic mass is 9.98. The number of hydrogen-bond acceptors (Lipinski definition) is 4. The normalized spacial score (nSPS) is 18.1. The molecule has 0 fully saturated rings. The number of ether oxygens (including phenoxy) is 2. The Balaban J connectivity index is 2.93. The van der Waals surface area contributed by atoms with Crippen molar-refractivity contribution in [1.29, 1.82) is 0 Å². The van der Waals surface area contributed by atoms with Gasteiger partial charge in [-0.2, -0.15) is 0 Å². The van der Waals surface area contributed by atoms with Crippen molar-refractivity contribution >= 4 is 23.8 Å². The van der Waals surface area contributed by atoms with Gasteiger partial charge in [0.15, 0.2) is 6.10 Å². The molecule has 4 N–H and O–H groups in total. The summed E-state index contributed by atoms with van der Waals surface area (Å²) in [6.45, 7) is 1.54. The SMILES string of the molecule is CC(OC(N)=O)C(OC(N)=O)C1=C(Cl)CCC=C1. The molecule has 100 valence electrons. The van der Waals surface area contributed by atoms with Crippen LogP contribution in [0.4, 0.5) is 9.59 Å². The van der Waals surface area contributed by atoms with Gasteiger partial charge in [-0.1, -0.05) is 23.8 Å². The van der Waals surface area contributed by atoms with Crippen LogP contribution in [0, 0.1) is 0 Å². The minimum absolute atomic E-state index is 0.545. The minimum atomic E-state index is -0.976. The molecule has 2 unspecified atom stereocenters. The van der Waals surface area contributed by atoms with Gasteiger partial charge in [0.25, 0.3) is 0 Å². The van der Waals surface area contributed by atoms with Crippen LogP contribution in [-0.4, -0.2) is 24.4 Å². The summed E-state index contributed by atoms with van der Waals surface area (Å²) in [5.41, 5.74) is 10.5. The number of rotatable bonds is 4. The Morgan fingerprint density at radius 1 is 1.33 bits per heavy atom. The van der Waals surface area contributed by atoms with Crippen LogP contribution in [0.15, 0.2) is 22.8 Å². The Morgan fingerprint density at radius 3 is 2.44 bits per heavy atom. The highest BCUT2D eigenvalue weighted by atomic mass is 35.5. The lowest BCUT2D eigenvalue weighted by Crippen LogP contribution is -2.37. The number of carbonyl (C=O) groups excluding carboxylic acids is 2. The van der Waals surface area contributed by atoms with Crippen molar-refractivity contribution < 1.29 is 19.1 Å². The summed E-state index contributed by atoms with van der Waals surface area (Å²) >= 11 is 6.07. The van der Waals surface area contributed by atoms with E-state index in [9.17, 15) is 9.59 Å². The fourth-order valence-electron chi connectivity index (χ4n) is 1.69. The summed E-state index contributed by atoms with van der Waals surface area (Å²) in [6, 6.07) is 0. The molecule has 18 heavy (non-hydrogen) atoms. The van der Waals surface area contributed by atoms with E-state index in [1.165, 1.54) is 6.92 Å². The summed E-state index contributed by atoms with van der Waals surface area (Å²) in [6.07, 6.45) is 1.47. The Labute approximate surface area is 110 Å². The molecule has 0 bridgehead atoms. The molecular weight excluding hydrogens is 260 g/mol. The van der Waals surface area contributed by atoms with Gasteiger partial charge in [-0.05, 0) is 19.8 Å². The van der Waals surface area contributed by atoms with Crippen molar-refractivity contribution in [3.63, 3.8) is 0 Å². The topological polar surface area (TPSA) is 105 Å². The van der Waals surface area contributed by atoms with Gasteiger partial charge in [-0.25, -0.2) is 9.59 Å². The first-order valence-electron chi connectivity index (χ1n) is 5.39. The molecule has 2 amide bonds. The van der Waals surface area contributed by atoms with Crippen molar-refractivity contribution in [3.8, 4) is 0 Å². The number of nitrogens with two attached hydrogens (primary N) is 2. The van der Waals surface area contributed by atoms with Crippen molar-refractivity contribution in [2.45, 2.75) is 32.0 Å². The lowest BCUT2D eigenvalue weighted by molar-refractivity contribution is 0.0237. The number of halogens is 1. The highest BCUT2D eigenvalue weighted by Gasteiger charge is 2.29. The van der Waals surface area contributed by atoms with Crippen LogP contribution in [0.1, 0.15) is 19.8 Å². The van der Waals surface area contributed by atoms with E-state index in [2.05, 4.69) is 0 Å². The molecule has 1 aliphatic rings. The fraction of sp³-hybridized carbons (Fsp3) is 0.455. The molecule has 0 aromatic carbocycles. The van der Waals surface area contributed by atoms with E-state index < -0.39 is 24.4 Å². The molecule has 0 saturated carbocycles. The first-order chi connectivity index (χ1) is 8.41. The van der Waals surface area contributed by atoms with Crippen molar-refractivity contribution in [2.24, 2.45) is 11.5 Å².